The molecule has 1 heterocycles. The lowest BCUT2D eigenvalue weighted by atomic mass is 10.1. The summed E-state index contributed by atoms with van der Waals surface area (Å²) < 4.78 is 24.8. The molecule has 0 aliphatic rings. The Labute approximate surface area is 79.7 Å². The first-order chi connectivity index (χ1) is 6.06. The maximum absolute atomic E-state index is 12.4. The van der Waals surface area contributed by atoms with Crippen LogP contribution < -0.4 is 5.73 Å². The van der Waals surface area contributed by atoms with Gasteiger partial charge in [0.15, 0.2) is 0 Å². The van der Waals surface area contributed by atoms with E-state index in [-0.39, 0.29) is 23.0 Å². The van der Waals surface area contributed by atoms with Crippen LogP contribution in [0.4, 0.5) is 8.78 Å². The Bertz CT molecular complexity index is 315. The molecule has 1 rings (SSSR count). The van der Waals surface area contributed by atoms with Gasteiger partial charge in [0.2, 0.25) is 0 Å². The van der Waals surface area contributed by atoms with Gasteiger partial charge >= 0.3 is 0 Å². The van der Waals surface area contributed by atoms with Crippen molar-refractivity contribution in [2.45, 2.75) is 19.9 Å². The Balaban J connectivity index is 3.25. The number of hydrogen-bond acceptors (Lipinski definition) is 2. The van der Waals surface area contributed by atoms with Crippen molar-refractivity contribution in [3.8, 4) is 0 Å². The molecule has 5 heteroatoms. The summed E-state index contributed by atoms with van der Waals surface area (Å²) >= 11 is 5.66. The largest absolute Gasteiger partial charge is 0.325 e. The van der Waals surface area contributed by atoms with E-state index in [1.807, 2.05) is 0 Å². The van der Waals surface area contributed by atoms with Crippen LogP contribution in [0.25, 0.3) is 0 Å². The molecular weight excluding hydrogens is 198 g/mol. The van der Waals surface area contributed by atoms with Crippen molar-refractivity contribution < 1.29 is 8.78 Å². The normalized spacial score (nSPS) is 10.9. The molecule has 0 saturated carbocycles. The molecule has 2 nitrogen and oxygen atoms in total. The van der Waals surface area contributed by atoms with E-state index in [4.69, 9.17) is 17.3 Å². The molecule has 0 spiro atoms. The summed E-state index contributed by atoms with van der Waals surface area (Å²) in [5, 5.41) is 0.227. The summed E-state index contributed by atoms with van der Waals surface area (Å²) in [6.07, 6.45) is -2.55. The first kappa shape index (κ1) is 10.3. The second-order valence-corrected chi connectivity index (χ2v) is 2.99. The minimum absolute atomic E-state index is 0.0281. The van der Waals surface area contributed by atoms with E-state index in [0.29, 0.717) is 5.56 Å². The Morgan fingerprint density at radius 1 is 1.62 bits per heavy atom. The van der Waals surface area contributed by atoms with Gasteiger partial charge in [-0.05, 0) is 18.6 Å². The van der Waals surface area contributed by atoms with Crippen LogP contribution in [-0.4, -0.2) is 4.98 Å². The predicted molar refractivity (Wildman–Crippen MR) is 46.8 cm³/mol. The second-order valence-electron chi connectivity index (χ2n) is 2.64. The van der Waals surface area contributed by atoms with E-state index >= 15 is 0 Å². The summed E-state index contributed by atoms with van der Waals surface area (Å²) in [5.41, 5.74) is 5.81. The lowest BCUT2D eigenvalue weighted by molar-refractivity contribution is 0.149. The number of aryl methyl sites for hydroxylation is 1. The van der Waals surface area contributed by atoms with E-state index in [1.165, 1.54) is 6.07 Å². The summed E-state index contributed by atoms with van der Waals surface area (Å²) in [6.45, 7) is 1.60. The Morgan fingerprint density at radius 3 is 2.69 bits per heavy atom. The van der Waals surface area contributed by atoms with Crippen molar-refractivity contribution >= 4 is 11.6 Å². The summed E-state index contributed by atoms with van der Waals surface area (Å²) in [4.78, 5) is 3.77. The Morgan fingerprint density at radius 2 is 2.23 bits per heavy atom. The highest BCUT2D eigenvalue weighted by atomic mass is 35.5. The SMILES string of the molecule is Cc1cc(C(F)F)c(CN)nc1Cl. The van der Waals surface area contributed by atoms with Crippen LogP contribution in [0.1, 0.15) is 23.2 Å². The number of alkyl halides is 2. The van der Waals surface area contributed by atoms with Crippen molar-refractivity contribution in [3.63, 3.8) is 0 Å². The Hall–Kier alpha value is -0.740. The first-order valence-electron chi connectivity index (χ1n) is 3.70. The molecule has 0 aliphatic carbocycles. The number of pyridine rings is 1. The third-order valence-corrected chi connectivity index (χ3v) is 2.07. The predicted octanol–water partition coefficient (Wildman–Crippen LogP) is 2.44. The number of nitrogens with two attached hydrogens (primary N) is 1. The van der Waals surface area contributed by atoms with Gasteiger partial charge in [-0.2, -0.15) is 0 Å². The minimum atomic E-state index is -2.55. The molecule has 0 unspecified atom stereocenters. The molecule has 72 valence electrons. The smallest absolute Gasteiger partial charge is 0.265 e. The molecule has 0 amide bonds. The van der Waals surface area contributed by atoms with Crippen LogP contribution >= 0.6 is 11.6 Å². The molecule has 2 N–H and O–H groups in total. The molecule has 0 atom stereocenters. The highest BCUT2D eigenvalue weighted by Gasteiger charge is 2.15. The maximum Gasteiger partial charge on any atom is 0.265 e. The summed E-state index contributed by atoms with van der Waals surface area (Å²) in [7, 11) is 0. The third-order valence-electron chi connectivity index (χ3n) is 1.69. The fourth-order valence-electron chi connectivity index (χ4n) is 1.000. The average Bonchev–Trinajstić information content (AvgIpc) is 2.08. The van der Waals surface area contributed by atoms with Crippen molar-refractivity contribution in [3.05, 3.63) is 28.0 Å². The van der Waals surface area contributed by atoms with Gasteiger partial charge in [0, 0.05) is 12.1 Å². The fourth-order valence-corrected chi connectivity index (χ4v) is 1.16. The molecular formula is C8H9ClF2N2. The van der Waals surface area contributed by atoms with E-state index in [9.17, 15) is 8.78 Å². The number of halogens is 3. The molecule has 0 saturated heterocycles. The van der Waals surface area contributed by atoms with E-state index in [0.717, 1.165) is 0 Å². The van der Waals surface area contributed by atoms with Crippen LogP contribution in [0.2, 0.25) is 5.15 Å². The maximum atomic E-state index is 12.4. The van der Waals surface area contributed by atoms with E-state index < -0.39 is 6.43 Å². The number of aromatic nitrogens is 1. The van der Waals surface area contributed by atoms with Gasteiger partial charge in [-0.15, -0.1) is 0 Å². The number of nitrogens with zero attached hydrogens (tertiary/aromatic N) is 1. The first-order valence-corrected chi connectivity index (χ1v) is 4.08. The van der Waals surface area contributed by atoms with Crippen molar-refractivity contribution in [1.82, 2.24) is 4.98 Å². The minimum Gasteiger partial charge on any atom is -0.325 e. The highest BCUT2D eigenvalue weighted by molar-refractivity contribution is 6.30. The topological polar surface area (TPSA) is 38.9 Å². The molecule has 1 aromatic heterocycles. The highest BCUT2D eigenvalue weighted by Crippen LogP contribution is 2.25. The molecule has 0 aliphatic heterocycles. The Kier molecular flexibility index (Phi) is 3.17. The van der Waals surface area contributed by atoms with Gasteiger partial charge in [0.25, 0.3) is 6.43 Å². The lowest BCUT2D eigenvalue weighted by Gasteiger charge is -2.08. The summed E-state index contributed by atoms with van der Waals surface area (Å²) in [6, 6.07) is 1.32. The second kappa shape index (κ2) is 3.98. The zero-order valence-electron chi connectivity index (χ0n) is 7.02. The zero-order chi connectivity index (χ0) is 10.0. The quantitative estimate of drug-likeness (QED) is 0.755. The van der Waals surface area contributed by atoms with Gasteiger partial charge in [0.1, 0.15) is 5.15 Å². The van der Waals surface area contributed by atoms with Crippen LogP contribution in [0.5, 0.6) is 0 Å². The molecule has 0 radical (unpaired) electrons. The lowest BCUT2D eigenvalue weighted by Crippen LogP contribution is -2.06. The number of hydrogen-bond donors (Lipinski definition) is 1. The molecule has 13 heavy (non-hydrogen) atoms. The molecule has 0 fully saturated rings. The fraction of sp³-hybridized carbons (Fsp3) is 0.375. The van der Waals surface area contributed by atoms with Crippen LogP contribution in [-0.2, 0) is 6.54 Å². The third kappa shape index (κ3) is 2.14. The van der Waals surface area contributed by atoms with Gasteiger partial charge in [-0.1, -0.05) is 11.6 Å². The molecule has 0 aromatic carbocycles. The number of rotatable bonds is 2. The summed E-state index contributed by atoms with van der Waals surface area (Å²) in [5.74, 6) is 0. The van der Waals surface area contributed by atoms with Gasteiger partial charge in [-0.25, -0.2) is 13.8 Å². The monoisotopic (exact) mass is 206 g/mol. The van der Waals surface area contributed by atoms with Gasteiger partial charge in [0.05, 0.1) is 5.69 Å². The standard InChI is InChI=1S/C8H9ClF2N2/c1-4-2-5(8(10)11)6(3-12)13-7(4)9/h2,8H,3,12H2,1H3. The van der Waals surface area contributed by atoms with Crippen LogP contribution in [0, 0.1) is 6.92 Å². The van der Waals surface area contributed by atoms with Gasteiger partial charge in [-0.3, -0.25) is 0 Å². The van der Waals surface area contributed by atoms with E-state index in [1.54, 1.807) is 6.92 Å². The van der Waals surface area contributed by atoms with Crippen molar-refractivity contribution in [1.29, 1.82) is 0 Å². The van der Waals surface area contributed by atoms with Crippen LogP contribution in [0.15, 0.2) is 6.07 Å². The zero-order valence-corrected chi connectivity index (χ0v) is 7.78. The molecule has 0 bridgehead atoms. The van der Waals surface area contributed by atoms with Crippen LogP contribution in [0.3, 0.4) is 0 Å². The average molecular weight is 207 g/mol. The van der Waals surface area contributed by atoms with Crippen molar-refractivity contribution in [2.75, 3.05) is 0 Å². The van der Waals surface area contributed by atoms with Crippen molar-refractivity contribution in [2.24, 2.45) is 5.73 Å². The molecule has 1 aromatic rings. The van der Waals surface area contributed by atoms with E-state index in [2.05, 4.69) is 4.98 Å². The van der Waals surface area contributed by atoms with Gasteiger partial charge < -0.3 is 5.73 Å².